The zero-order chi connectivity index (χ0) is 11.3. The van der Waals surface area contributed by atoms with Crippen LogP contribution in [0, 0.1) is 0 Å². The van der Waals surface area contributed by atoms with E-state index >= 15 is 0 Å². The van der Waals surface area contributed by atoms with E-state index in [1.54, 1.807) is 7.11 Å². The van der Waals surface area contributed by atoms with Crippen LogP contribution in [0.4, 0.5) is 0 Å². The summed E-state index contributed by atoms with van der Waals surface area (Å²) in [5, 5.41) is 3.54. The molecule has 0 aliphatic carbocycles. The minimum absolute atomic E-state index is 0.0197. The summed E-state index contributed by atoms with van der Waals surface area (Å²) in [7, 11) is 1.80. The molecule has 15 heavy (non-hydrogen) atoms. The molecule has 0 amide bonds. The maximum absolute atomic E-state index is 5.47. The van der Waals surface area contributed by atoms with E-state index in [0.29, 0.717) is 6.04 Å². The van der Waals surface area contributed by atoms with Crippen molar-refractivity contribution >= 4 is 0 Å². The summed E-state index contributed by atoms with van der Waals surface area (Å²) >= 11 is 0. The average Bonchev–Trinajstić information content (AvgIpc) is 2.18. The summed E-state index contributed by atoms with van der Waals surface area (Å²) in [6.45, 7) is 11.0. The smallest absolute Gasteiger partial charge is 0.0749 e. The zero-order valence-corrected chi connectivity index (χ0v) is 10.7. The van der Waals surface area contributed by atoms with E-state index in [9.17, 15) is 0 Å². The molecule has 1 heterocycles. The molecule has 0 aromatic rings. The number of ether oxygens (including phenoxy) is 1. The maximum Gasteiger partial charge on any atom is 0.0749 e. The van der Waals surface area contributed by atoms with Crippen molar-refractivity contribution in [1.29, 1.82) is 0 Å². The number of likely N-dealkylation sites (N-methyl/N-ethyl adjacent to an activating group) is 1. The van der Waals surface area contributed by atoms with Crippen molar-refractivity contribution < 1.29 is 4.74 Å². The Hall–Kier alpha value is -0.120. The van der Waals surface area contributed by atoms with Crippen molar-refractivity contribution in [3.05, 3.63) is 0 Å². The number of nitrogens with zero attached hydrogens (tertiary/aromatic N) is 1. The predicted molar refractivity (Wildman–Crippen MR) is 64.2 cm³/mol. The van der Waals surface area contributed by atoms with E-state index in [0.717, 1.165) is 13.1 Å². The Balaban J connectivity index is 2.36. The fourth-order valence-corrected chi connectivity index (χ4v) is 2.26. The van der Waals surface area contributed by atoms with Gasteiger partial charge in [-0.25, -0.2) is 0 Å². The van der Waals surface area contributed by atoms with E-state index in [2.05, 4.69) is 31.0 Å². The summed E-state index contributed by atoms with van der Waals surface area (Å²) in [5.74, 6) is 0. The highest BCUT2D eigenvalue weighted by Gasteiger charge is 2.25. The standard InChI is InChI=1S/C12H26N2O/c1-5-13-11-7-6-8-14(9-11)10-12(2,3)15-4/h11,13H,5-10H2,1-4H3. The number of hydrogen-bond donors (Lipinski definition) is 1. The zero-order valence-electron chi connectivity index (χ0n) is 10.7. The predicted octanol–water partition coefficient (Wildman–Crippen LogP) is 1.49. The van der Waals surface area contributed by atoms with Crippen molar-refractivity contribution in [2.45, 2.75) is 45.3 Å². The van der Waals surface area contributed by atoms with Crippen LogP contribution in [0.5, 0.6) is 0 Å². The Morgan fingerprint density at radius 3 is 2.80 bits per heavy atom. The number of hydrogen-bond acceptors (Lipinski definition) is 3. The summed E-state index contributed by atoms with van der Waals surface area (Å²) in [6, 6.07) is 0.677. The molecule has 0 bridgehead atoms. The van der Waals surface area contributed by atoms with Gasteiger partial charge in [0.05, 0.1) is 5.60 Å². The largest absolute Gasteiger partial charge is 0.377 e. The van der Waals surface area contributed by atoms with Gasteiger partial charge < -0.3 is 10.1 Å². The molecular formula is C12H26N2O. The van der Waals surface area contributed by atoms with Gasteiger partial charge in [-0.2, -0.15) is 0 Å². The fraction of sp³-hybridized carbons (Fsp3) is 1.00. The van der Waals surface area contributed by atoms with Gasteiger partial charge in [0.1, 0.15) is 0 Å². The third kappa shape index (κ3) is 4.49. The first-order valence-electron chi connectivity index (χ1n) is 6.08. The van der Waals surface area contributed by atoms with Gasteiger partial charge in [-0.3, -0.25) is 4.90 Å². The number of methoxy groups -OCH3 is 1. The van der Waals surface area contributed by atoms with Crippen LogP contribution < -0.4 is 5.32 Å². The second-order valence-corrected chi connectivity index (χ2v) is 5.10. The summed E-state index contributed by atoms with van der Waals surface area (Å²) in [6.07, 6.45) is 2.62. The first kappa shape index (κ1) is 12.9. The highest BCUT2D eigenvalue weighted by atomic mass is 16.5. The lowest BCUT2D eigenvalue weighted by atomic mass is 10.0. The van der Waals surface area contributed by atoms with Crippen molar-refractivity contribution in [2.24, 2.45) is 0 Å². The molecule has 1 saturated heterocycles. The number of rotatable bonds is 5. The van der Waals surface area contributed by atoms with Crippen molar-refractivity contribution in [1.82, 2.24) is 10.2 Å². The van der Waals surface area contributed by atoms with Gasteiger partial charge in [0.15, 0.2) is 0 Å². The van der Waals surface area contributed by atoms with Crippen LogP contribution in [-0.4, -0.2) is 49.8 Å². The van der Waals surface area contributed by atoms with E-state index in [1.807, 2.05) is 0 Å². The molecular weight excluding hydrogens is 188 g/mol. The van der Waals surface area contributed by atoms with Crippen LogP contribution in [0.1, 0.15) is 33.6 Å². The minimum Gasteiger partial charge on any atom is -0.377 e. The normalized spacial score (nSPS) is 24.4. The molecule has 3 heteroatoms. The molecule has 0 saturated carbocycles. The van der Waals surface area contributed by atoms with Gasteiger partial charge in [-0.05, 0) is 39.8 Å². The quantitative estimate of drug-likeness (QED) is 0.750. The summed E-state index contributed by atoms with van der Waals surface area (Å²) < 4.78 is 5.47. The van der Waals surface area contributed by atoms with Gasteiger partial charge in [-0.1, -0.05) is 6.92 Å². The monoisotopic (exact) mass is 214 g/mol. The fourth-order valence-electron chi connectivity index (χ4n) is 2.26. The van der Waals surface area contributed by atoms with Gasteiger partial charge in [-0.15, -0.1) is 0 Å². The van der Waals surface area contributed by atoms with E-state index in [-0.39, 0.29) is 5.60 Å². The molecule has 3 nitrogen and oxygen atoms in total. The van der Waals surface area contributed by atoms with E-state index in [1.165, 1.54) is 25.9 Å². The average molecular weight is 214 g/mol. The Kier molecular flexibility index (Phi) is 5.03. The van der Waals surface area contributed by atoms with Crippen LogP contribution in [0.15, 0.2) is 0 Å². The Morgan fingerprint density at radius 2 is 2.20 bits per heavy atom. The van der Waals surface area contributed by atoms with Crippen molar-refractivity contribution in [2.75, 3.05) is 33.3 Å². The number of piperidine rings is 1. The first-order valence-corrected chi connectivity index (χ1v) is 6.08. The Labute approximate surface area is 94.2 Å². The second kappa shape index (κ2) is 5.83. The highest BCUT2D eigenvalue weighted by Crippen LogP contribution is 2.15. The molecule has 1 aliphatic rings. The molecule has 1 fully saturated rings. The Bertz CT molecular complexity index is 180. The number of nitrogens with one attached hydrogen (secondary N) is 1. The minimum atomic E-state index is -0.0197. The van der Waals surface area contributed by atoms with Crippen LogP contribution in [0.3, 0.4) is 0 Å². The van der Waals surface area contributed by atoms with Gasteiger partial charge in [0.2, 0.25) is 0 Å². The SMILES string of the molecule is CCNC1CCCN(CC(C)(C)OC)C1. The van der Waals surface area contributed by atoms with Crippen LogP contribution >= 0.6 is 0 Å². The van der Waals surface area contributed by atoms with Gasteiger partial charge in [0, 0.05) is 26.2 Å². The first-order chi connectivity index (χ1) is 7.07. The van der Waals surface area contributed by atoms with Gasteiger partial charge in [0.25, 0.3) is 0 Å². The molecule has 1 aliphatic heterocycles. The molecule has 1 unspecified atom stereocenters. The molecule has 0 aromatic heterocycles. The lowest BCUT2D eigenvalue weighted by Crippen LogP contribution is -2.50. The summed E-state index contributed by atoms with van der Waals surface area (Å²) in [4.78, 5) is 2.51. The molecule has 1 atom stereocenters. The van der Waals surface area contributed by atoms with Crippen LogP contribution in [-0.2, 0) is 4.74 Å². The third-order valence-electron chi connectivity index (χ3n) is 3.16. The highest BCUT2D eigenvalue weighted by molar-refractivity contribution is 4.82. The molecule has 1 N–H and O–H groups in total. The maximum atomic E-state index is 5.47. The topological polar surface area (TPSA) is 24.5 Å². The van der Waals surface area contributed by atoms with Crippen molar-refractivity contribution in [3.63, 3.8) is 0 Å². The van der Waals surface area contributed by atoms with E-state index < -0.39 is 0 Å². The van der Waals surface area contributed by atoms with Crippen LogP contribution in [0.25, 0.3) is 0 Å². The van der Waals surface area contributed by atoms with Crippen LogP contribution in [0.2, 0.25) is 0 Å². The lowest BCUT2D eigenvalue weighted by molar-refractivity contribution is -0.0140. The lowest BCUT2D eigenvalue weighted by Gasteiger charge is -2.37. The number of likely N-dealkylation sites (tertiary alicyclic amines) is 1. The molecule has 0 radical (unpaired) electrons. The summed E-state index contributed by atoms with van der Waals surface area (Å²) in [5.41, 5.74) is -0.0197. The molecule has 1 rings (SSSR count). The van der Waals surface area contributed by atoms with Crippen molar-refractivity contribution in [3.8, 4) is 0 Å². The Morgan fingerprint density at radius 1 is 1.47 bits per heavy atom. The molecule has 0 aromatic carbocycles. The molecule has 90 valence electrons. The second-order valence-electron chi connectivity index (χ2n) is 5.10. The van der Waals surface area contributed by atoms with E-state index in [4.69, 9.17) is 4.74 Å². The van der Waals surface area contributed by atoms with Gasteiger partial charge >= 0.3 is 0 Å². The molecule has 0 spiro atoms. The third-order valence-corrected chi connectivity index (χ3v) is 3.16.